The van der Waals surface area contributed by atoms with Gasteiger partial charge in [-0.05, 0) is 71.5 Å². The average Bonchev–Trinajstić information content (AvgIpc) is 2.65. The van der Waals surface area contributed by atoms with Gasteiger partial charge in [0.2, 0.25) is 0 Å². The number of ether oxygens (including phenoxy) is 2. The van der Waals surface area contributed by atoms with Crippen molar-refractivity contribution in [3.05, 3.63) is 55.1 Å². The maximum Gasteiger partial charge on any atom is 0.308 e. The van der Waals surface area contributed by atoms with E-state index < -0.39 is 11.9 Å². The fraction of sp³-hybridized carbons (Fsp3) is 0.150. The molecular weight excluding hydrogens is 530 g/mol. The molecule has 1 N–H and O–H groups in total. The molecule has 0 saturated heterocycles. The highest BCUT2D eigenvalue weighted by Gasteiger charge is 2.16. The number of carbonyl (C=O) groups is 2. The van der Waals surface area contributed by atoms with E-state index in [1.54, 1.807) is 31.2 Å². The molecule has 1 amide bonds. The van der Waals surface area contributed by atoms with Crippen LogP contribution in [-0.4, -0.2) is 18.5 Å². The van der Waals surface area contributed by atoms with E-state index >= 15 is 0 Å². The van der Waals surface area contributed by atoms with Crippen molar-refractivity contribution in [1.82, 2.24) is 0 Å². The molecule has 2 rings (SSSR count). The minimum Gasteiger partial charge on any atom is -0.490 e. The number of nitrogens with one attached hydrogen (secondary N) is 1. The molecule has 0 fully saturated rings. The Kier molecular flexibility index (Phi) is 8.32. The number of hydrogen-bond acceptors (Lipinski definition) is 5. The fourth-order valence-electron chi connectivity index (χ4n) is 2.28. The van der Waals surface area contributed by atoms with Gasteiger partial charge >= 0.3 is 5.97 Å². The van der Waals surface area contributed by atoms with Crippen molar-refractivity contribution in [3.63, 3.8) is 0 Å². The smallest absolute Gasteiger partial charge is 0.308 e. The number of benzene rings is 2. The molecule has 2 aromatic carbocycles. The average molecular weight is 545 g/mol. The number of nitrogens with zero attached hydrogens (tertiary/aromatic N) is 1. The maximum absolute atomic E-state index is 12.5. The van der Waals surface area contributed by atoms with E-state index in [1.807, 2.05) is 28.7 Å². The first-order valence-electron chi connectivity index (χ1n) is 8.28. The third-order valence-corrected chi connectivity index (χ3v) is 4.80. The lowest BCUT2D eigenvalue weighted by atomic mass is 10.1. The summed E-state index contributed by atoms with van der Waals surface area (Å²) in [5, 5.41) is 12.7. The van der Waals surface area contributed by atoms with Crippen LogP contribution < -0.4 is 14.8 Å². The zero-order valence-corrected chi connectivity index (χ0v) is 19.1. The van der Waals surface area contributed by atoms with Crippen LogP contribution in [0.1, 0.15) is 19.4 Å². The molecule has 0 atom stereocenters. The van der Waals surface area contributed by atoms with Crippen LogP contribution in [0.5, 0.6) is 11.5 Å². The van der Waals surface area contributed by atoms with Crippen LogP contribution in [0.3, 0.4) is 0 Å². The van der Waals surface area contributed by atoms with Crippen molar-refractivity contribution in [1.29, 1.82) is 5.26 Å². The number of anilines is 1. The molecule has 0 saturated carbocycles. The number of halogens is 3. The van der Waals surface area contributed by atoms with E-state index in [4.69, 9.17) is 32.7 Å². The molecule has 0 radical (unpaired) electrons. The van der Waals surface area contributed by atoms with Gasteiger partial charge in [-0.15, -0.1) is 0 Å². The van der Waals surface area contributed by atoms with Crippen molar-refractivity contribution >= 4 is 69.4 Å². The summed E-state index contributed by atoms with van der Waals surface area (Å²) in [7, 11) is 0. The number of carbonyl (C=O) groups excluding carboxylic acids is 2. The molecule has 0 unspecified atom stereocenters. The molecule has 2 aromatic rings. The summed E-state index contributed by atoms with van der Waals surface area (Å²) in [5.74, 6) is -0.515. The van der Waals surface area contributed by atoms with Crippen LogP contribution in [0.15, 0.2) is 35.9 Å². The molecule has 29 heavy (non-hydrogen) atoms. The van der Waals surface area contributed by atoms with Crippen LogP contribution in [0.25, 0.3) is 6.08 Å². The summed E-state index contributed by atoms with van der Waals surface area (Å²) in [6.45, 7) is 3.42. The van der Waals surface area contributed by atoms with Crippen molar-refractivity contribution < 1.29 is 19.1 Å². The second-order valence-electron chi connectivity index (χ2n) is 5.60. The lowest BCUT2D eigenvalue weighted by Crippen LogP contribution is -2.13. The maximum atomic E-state index is 12.5. The Balaban J connectivity index is 2.39. The largest absolute Gasteiger partial charge is 0.490 e. The Morgan fingerprint density at radius 2 is 2.00 bits per heavy atom. The molecule has 0 aromatic heterocycles. The van der Waals surface area contributed by atoms with Gasteiger partial charge in [-0.1, -0.05) is 23.2 Å². The zero-order chi connectivity index (χ0) is 21.6. The Hall–Kier alpha value is -2.28. The van der Waals surface area contributed by atoms with Crippen LogP contribution in [0, 0.1) is 14.9 Å². The van der Waals surface area contributed by atoms with Gasteiger partial charge in [-0.25, -0.2) is 0 Å². The first-order chi connectivity index (χ1) is 13.7. The number of esters is 1. The molecule has 0 bridgehead atoms. The van der Waals surface area contributed by atoms with Crippen LogP contribution in [0.4, 0.5) is 5.69 Å². The number of hydrogen-bond donors (Lipinski definition) is 1. The summed E-state index contributed by atoms with van der Waals surface area (Å²) in [5.41, 5.74) is 0.664. The summed E-state index contributed by atoms with van der Waals surface area (Å²) in [6.07, 6.45) is 1.40. The van der Waals surface area contributed by atoms with Crippen molar-refractivity contribution in [2.45, 2.75) is 13.8 Å². The molecular formula is C20H15Cl2IN2O4. The highest BCUT2D eigenvalue weighted by atomic mass is 127. The molecule has 0 aliphatic heterocycles. The van der Waals surface area contributed by atoms with Gasteiger partial charge in [0.1, 0.15) is 11.6 Å². The van der Waals surface area contributed by atoms with Crippen LogP contribution in [0.2, 0.25) is 10.0 Å². The molecule has 0 aliphatic rings. The predicted molar refractivity (Wildman–Crippen MR) is 120 cm³/mol. The van der Waals surface area contributed by atoms with E-state index in [2.05, 4.69) is 5.32 Å². The van der Waals surface area contributed by atoms with Crippen LogP contribution >= 0.6 is 45.8 Å². The molecule has 0 aliphatic carbocycles. The molecule has 0 heterocycles. The second-order valence-corrected chi connectivity index (χ2v) is 7.61. The van der Waals surface area contributed by atoms with Crippen molar-refractivity contribution in [2.75, 3.05) is 11.9 Å². The van der Waals surface area contributed by atoms with Gasteiger partial charge in [0, 0.05) is 11.9 Å². The summed E-state index contributed by atoms with van der Waals surface area (Å²) in [4.78, 5) is 23.8. The van der Waals surface area contributed by atoms with Gasteiger partial charge < -0.3 is 14.8 Å². The van der Waals surface area contributed by atoms with E-state index in [0.717, 1.165) is 0 Å². The second kappa shape index (κ2) is 10.5. The monoisotopic (exact) mass is 544 g/mol. The lowest BCUT2D eigenvalue weighted by Gasteiger charge is -2.13. The number of amides is 1. The summed E-state index contributed by atoms with van der Waals surface area (Å²) < 4.78 is 11.3. The SMILES string of the molecule is CCOc1cc(/C=C(/C#N)C(=O)Nc2cc(Cl)ccc2Cl)cc(I)c1OC(C)=O. The number of rotatable bonds is 6. The zero-order valence-electron chi connectivity index (χ0n) is 15.4. The van der Waals surface area contributed by atoms with Crippen LogP contribution in [-0.2, 0) is 9.59 Å². The van der Waals surface area contributed by atoms with E-state index in [9.17, 15) is 14.9 Å². The van der Waals surface area contributed by atoms with E-state index in [1.165, 1.54) is 19.1 Å². The van der Waals surface area contributed by atoms with Crippen molar-refractivity contribution in [3.8, 4) is 17.6 Å². The highest BCUT2D eigenvalue weighted by molar-refractivity contribution is 14.1. The Morgan fingerprint density at radius 1 is 1.28 bits per heavy atom. The van der Waals surface area contributed by atoms with E-state index in [0.29, 0.717) is 37.2 Å². The van der Waals surface area contributed by atoms with Crippen molar-refractivity contribution in [2.24, 2.45) is 0 Å². The quantitative estimate of drug-likeness (QED) is 0.171. The Bertz CT molecular complexity index is 1030. The van der Waals surface area contributed by atoms with Gasteiger partial charge in [0.25, 0.3) is 5.91 Å². The van der Waals surface area contributed by atoms with Gasteiger partial charge in [0.15, 0.2) is 11.5 Å². The minimum atomic E-state index is -0.645. The Labute approximate surface area is 191 Å². The molecule has 0 spiro atoms. The lowest BCUT2D eigenvalue weighted by molar-refractivity contribution is -0.132. The highest BCUT2D eigenvalue weighted by Crippen LogP contribution is 2.35. The summed E-state index contributed by atoms with van der Waals surface area (Å²) >= 11 is 14.0. The van der Waals surface area contributed by atoms with Gasteiger partial charge in [-0.2, -0.15) is 5.26 Å². The topological polar surface area (TPSA) is 88.4 Å². The summed E-state index contributed by atoms with van der Waals surface area (Å²) in [6, 6.07) is 9.73. The van der Waals surface area contributed by atoms with Gasteiger partial charge in [0.05, 0.1) is 20.9 Å². The number of nitriles is 1. The third-order valence-electron chi connectivity index (χ3n) is 3.43. The fourth-order valence-corrected chi connectivity index (χ4v) is 3.35. The normalized spacial score (nSPS) is 10.8. The first kappa shape index (κ1) is 23.0. The first-order valence-corrected chi connectivity index (χ1v) is 10.1. The molecule has 150 valence electrons. The molecule has 6 nitrogen and oxygen atoms in total. The van der Waals surface area contributed by atoms with Gasteiger partial charge in [-0.3, -0.25) is 9.59 Å². The minimum absolute atomic E-state index is 0.153. The predicted octanol–water partition coefficient (Wildman–Crippen LogP) is 5.47. The molecule has 9 heteroatoms. The third kappa shape index (κ3) is 6.35. The Morgan fingerprint density at radius 3 is 2.62 bits per heavy atom. The van der Waals surface area contributed by atoms with E-state index in [-0.39, 0.29) is 11.3 Å². The standard InChI is InChI=1S/C20H15Cl2IN2O4/c1-3-28-18-8-12(7-16(23)19(18)29-11(2)26)6-13(10-24)20(27)25-17-9-14(21)4-5-15(17)22/h4-9H,3H2,1-2H3,(H,25,27)/b13-6-.